The van der Waals surface area contributed by atoms with Crippen LogP contribution in [0.1, 0.15) is 19.3 Å². The van der Waals surface area contributed by atoms with E-state index in [4.69, 9.17) is 9.47 Å². The highest BCUT2D eigenvalue weighted by Crippen LogP contribution is 2.28. The lowest BCUT2D eigenvalue weighted by Crippen LogP contribution is -2.30. The summed E-state index contributed by atoms with van der Waals surface area (Å²) >= 11 is 0. The zero-order valence-electron chi connectivity index (χ0n) is 16.0. The third kappa shape index (κ3) is 5.06. The first-order valence-corrected chi connectivity index (χ1v) is 9.30. The first-order chi connectivity index (χ1) is 13.2. The molecule has 27 heavy (non-hydrogen) atoms. The molecule has 0 unspecified atom stereocenters. The highest BCUT2D eigenvalue weighted by atomic mass is 16.5. The van der Waals surface area contributed by atoms with Crippen molar-refractivity contribution in [1.82, 2.24) is 0 Å². The van der Waals surface area contributed by atoms with Gasteiger partial charge in [-0.05, 0) is 31.4 Å². The maximum absolute atomic E-state index is 12.4. The van der Waals surface area contributed by atoms with E-state index in [1.54, 1.807) is 32.4 Å². The van der Waals surface area contributed by atoms with Gasteiger partial charge in [-0.1, -0.05) is 12.1 Å². The van der Waals surface area contributed by atoms with E-state index in [1.807, 2.05) is 18.2 Å². The van der Waals surface area contributed by atoms with Gasteiger partial charge < -0.3 is 25.0 Å². The summed E-state index contributed by atoms with van der Waals surface area (Å²) in [5.41, 5.74) is 2.79. The monoisotopic (exact) mass is 369 g/mol. The number of piperidine rings is 1. The Morgan fingerprint density at radius 3 is 2.33 bits per heavy atom. The van der Waals surface area contributed by atoms with E-state index in [9.17, 15) is 4.79 Å². The van der Waals surface area contributed by atoms with Crippen LogP contribution in [-0.2, 0) is 4.79 Å². The van der Waals surface area contributed by atoms with Crippen molar-refractivity contribution in [1.29, 1.82) is 0 Å². The molecule has 1 saturated heterocycles. The summed E-state index contributed by atoms with van der Waals surface area (Å²) in [5.74, 6) is 1.14. The molecule has 1 heterocycles. The molecule has 1 aliphatic heterocycles. The lowest BCUT2D eigenvalue weighted by atomic mass is 10.1. The van der Waals surface area contributed by atoms with Crippen molar-refractivity contribution in [3.05, 3.63) is 42.5 Å². The molecule has 6 heteroatoms. The maximum atomic E-state index is 12.4. The standard InChI is InChI=1S/C21H27N3O3/c1-26-17-12-16(13-18(14-17)27-2)23-21(25)15-22-19-8-4-5-9-20(19)24-10-6-3-7-11-24/h4-5,8-9,12-14,22H,3,6-7,10-11,15H2,1-2H3,(H,23,25). The predicted molar refractivity (Wildman–Crippen MR) is 109 cm³/mol. The number of ether oxygens (including phenoxy) is 2. The second kappa shape index (κ2) is 9.16. The van der Waals surface area contributed by atoms with Gasteiger partial charge in [0.2, 0.25) is 5.91 Å². The molecule has 0 saturated carbocycles. The Balaban J connectivity index is 1.63. The van der Waals surface area contributed by atoms with E-state index in [1.165, 1.54) is 19.3 Å². The lowest BCUT2D eigenvalue weighted by Gasteiger charge is -2.30. The third-order valence-corrected chi connectivity index (χ3v) is 4.68. The van der Waals surface area contributed by atoms with E-state index in [-0.39, 0.29) is 12.5 Å². The van der Waals surface area contributed by atoms with E-state index in [2.05, 4.69) is 21.6 Å². The van der Waals surface area contributed by atoms with Crippen molar-refractivity contribution in [2.24, 2.45) is 0 Å². The number of hydrogen-bond acceptors (Lipinski definition) is 5. The van der Waals surface area contributed by atoms with Crippen molar-refractivity contribution in [2.45, 2.75) is 19.3 Å². The molecule has 2 aromatic carbocycles. The number of nitrogens with one attached hydrogen (secondary N) is 2. The minimum Gasteiger partial charge on any atom is -0.497 e. The van der Waals surface area contributed by atoms with Crippen molar-refractivity contribution in [3.8, 4) is 11.5 Å². The van der Waals surface area contributed by atoms with Crippen LogP contribution < -0.4 is 25.0 Å². The highest BCUT2D eigenvalue weighted by molar-refractivity contribution is 5.94. The van der Waals surface area contributed by atoms with Crippen LogP contribution in [-0.4, -0.2) is 39.8 Å². The number of carbonyl (C=O) groups is 1. The van der Waals surface area contributed by atoms with Gasteiger partial charge in [0.1, 0.15) is 11.5 Å². The van der Waals surface area contributed by atoms with Crippen molar-refractivity contribution >= 4 is 23.0 Å². The van der Waals surface area contributed by atoms with Gasteiger partial charge in [0, 0.05) is 37.0 Å². The largest absolute Gasteiger partial charge is 0.497 e. The molecule has 0 bridgehead atoms. The molecular weight excluding hydrogens is 342 g/mol. The van der Waals surface area contributed by atoms with Gasteiger partial charge in [0.05, 0.1) is 32.1 Å². The molecule has 0 spiro atoms. The van der Waals surface area contributed by atoms with E-state index in [0.29, 0.717) is 17.2 Å². The van der Waals surface area contributed by atoms with Crippen LogP contribution in [0, 0.1) is 0 Å². The van der Waals surface area contributed by atoms with Crippen LogP contribution in [0.15, 0.2) is 42.5 Å². The third-order valence-electron chi connectivity index (χ3n) is 4.68. The quantitative estimate of drug-likeness (QED) is 0.778. The first-order valence-electron chi connectivity index (χ1n) is 9.30. The number of anilines is 3. The number of para-hydroxylation sites is 2. The van der Waals surface area contributed by atoms with Crippen LogP contribution in [0.2, 0.25) is 0 Å². The van der Waals surface area contributed by atoms with Crippen molar-refractivity contribution in [2.75, 3.05) is 49.4 Å². The molecule has 1 fully saturated rings. The molecular formula is C21H27N3O3. The highest BCUT2D eigenvalue weighted by Gasteiger charge is 2.14. The molecule has 3 rings (SSSR count). The molecule has 0 atom stereocenters. The van der Waals surface area contributed by atoms with Crippen LogP contribution in [0.4, 0.5) is 17.1 Å². The summed E-state index contributed by atoms with van der Waals surface area (Å²) < 4.78 is 10.5. The molecule has 1 aliphatic rings. The topological polar surface area (TPSA) is 62.8 Å². The second-order valence-electron chi connectivity index (χ2n) is 6.57. The number of nitrogens with zero attached hydrogens (tertiary/aromatic N) is 1. The Morgan fingerprint density at radius 1 is 1.00 bits per heavy atom. The van der Waals surface area contributed by atoms with Gasteiger partial charge in [-0.3, -0.25) is 4.79 Å². The van der Waals surface area contributed by atoms with E-state index < -0.39 is 0 Å². The van der Waals surface area contributed by atoms with Gasteiger partial charge in [-0.2, -0.15) is 0 Å². The van der Waals surface area contributed by atoms with Gasteiger partial charge in [-0.25, -0.2) is 0 Å². The molecule has 0 radical (unpaired) electrons. The smallest absolute Gasteiger partial charge is 0.243 e. The average Bonchev–Trinajstić information content (AvgIpc) is 2.72. The minimum atomic E-state index is -0.126. The number of rotatable bonds is 7. The summed E-state index contributed by atoms with van der Waals surface area (Å²) in [7, 11) is 3.17. The van der Waals surface area contributed by atoms with E-state index in [0.717, 1.165) is 24.5 Å². The van der Waals surface area contributed by atoms with Crippen LogP contribution >= 0.6 is 0 Å². The maximum Gasteiger partial charge on any atom is 0.243 e. The number of benzene rings is 2. The van der Waals surface area contributed by atoms with Gasteiger partial charge >= 0.3 is 0 Å². The molecule has 2 aromatic rings. The summed E-state index contributed by atoms with van der Waals surface area (Å²) in [5, 5.41) is 6.16. The van der Waals surface area contributed by atoms with Crippen LogP contribution in [0.5, 0.6) is 11.5 Å². The zero-order valence-corrected chi connectivity index (χ0v) is 16.0. The fraction of sp³-hybridized carbons (Fsp3) is 0.381. The Morgan fingerprint density at radius 2 is 1.67 bits per heavy atom. The minimum absolute atomic E-state index is 0.126. The van der Waals surface area contributed by atoms with Gasteiger partial charge in [0.15, 0.2) is 0 Å². The van der Waals surface area contributed by atoms with Gasteiger partial charge in [-0.15, -0.1) is 0 Å². The first kappa shape index (κ1) is 18.9. The zero-order chi connectivity index (χ0) is 19.1. The summed E-state index contributed by atoms with van der Waals surface area (Å²) in [6.45, 7) is 2.31. The van der Waals surface area contributed by atoms with Gasteiger partial charge in [0.25, 0.3) is 0 Å². The number of methoxy groups -OCH3 is 2. The summed E-state index contributed by atoms with van der Waals surface area (Å²) in [6, 6.07) is 13.5. The predicted octanol–water partition coefficient (Wildman–Crippen LogP) is 3.74. The molecule has 6 nitrogen and oxygen atoms in total. The Labute approximate surface area is 160 Å². The Bertz CT molecular complexity index is 751. The van der Waals surface area contributed by atoms with Crippen LogP contribution in [0.25, 0.3) is 0 Å². The molecule has 1 amide bonds. The molecule has 144 valence electrons. The average molecular weight is 369 g/mol. The van der Waals surface area contributed by atoms with Crippen molar-refractivity contribution in [3.63, 3.8) is 0 Å². The molecule has 0 aromatic heterocycles. The SMILES string of the molecule is COc1cc(NC(=O)CNc2ccccc2N2CCCCC2)cc(OC)c1. The number of amides is 1. The summed E-state index contributed by atoms with van der Waals surface area (Å²) in [6.07, 6.45) is 3.72. The molecule has 2 N–H and O–H groups in total. The fourth-order valence-corrected chi connectivity index (χ4v) is 3.29. The Kier molecular flexibility index (Phi) is 6.41. The number of hydrogen-bond donors (Lipinski definition) is 2. The lowest BCUT2D eigenvalue weighted by molar-refractivity contribution is -0.114. The second-order valence-corrected chi connectivity index (χ2v) is 6.57. The normalized spacial score (nSPS) is 13.8. The fourth-order valence-electron chi connectivity index (χ4n) is 3.29. The molecule has 0 aliphatic carbocycles. The van der Waals surface area contributed by atoms with E-state index >= 15 is 0 Å². The number of carbonyl (C=O) groups excluding carboxylic acids is 1. The van der Waals surface area contributed by atoms with Crippen molar-refractivity contribution < 1.29 is 14.3 Å². The van der Waals surface area contributed by atoms with Crippen LogP contribution in [0.3, 0.4) is 0 Å². The Hall–Kier alpha value is -2.89. The summed E-state index contributed by atoms with van der Waals surface area (Å²) in [4.78, 5) is 14.8.